The normalized spacial score (nSPS) is 11.5. The van der Waals surface area contributed by atoms with Crippen LogP contribution in [0.4, 0.5) is 13.2 Å². The summed E-state index contributed by atoms with van der Waals surface area (Å²) in [5.41, 5.74) is -0.775. The van der Waals surface area contributed by atoms with Gasteiger partial charge in [-0.25, -0.2) is 0 Å². The maximum Gasteiger partial charge on any atom is 0.418 e. The Balaban J connectivity index is 2.97. The van der Waals surface area contributed by atoms with Crippen molar-refractivity contribution in [3.05, 3.63) is 24.0 Å². The van der Waals surface area contributed by atoms with Crippen molar-refractivity contribution in [3.8, 4) is 0 Å². The fourth-order valence-electron chi connectivity index (χ4n) is 0.458. The molecule has 0 N–H and O–H groups in total. The Morgan fingerprint density at radius 1 is 1.20 bits per heavy atom. The average molecular weight is 148 g/mol. The molecule has 0 amide bonds. The van der Waals surface area contributed by atoms with Crippen LogP contribution in [0.2, 0.25) is 0 Å². The molecule has 0 unspecified atom stereocenters. The van der Waals surface area contributed by atoms with E-state index in [1.165, 1.54) is 0 Å². The first-order valence-corrected chi connectivity index (χ1v) is 2.44. The minimum atomic E-state index is -4.31. The predicted molar refractivity (Wildman–Crippen MR) is 27.0 cm³/mol. The van der Waals surface area contributed by atoms with E-state index in [2.05, 4.69) is 10.2 Å². The number of aromatic nitrogens is 2. The summed E-state index contributed by atoms with van der Waals surface area (Å²) in [5.74, 6) is 0. The Kier molecular flexibility index (Phi) is 1.57. The standard InChI is InChI=1S/C5H3F3N2/c6-5(7,8)4-1-2-9-10-3-4/h1-3H. The zero-order chi connectivity index (χ0) is 7.61. The van der Waals surface area contributed by atoms with Gasteiger partial charge in [-0.15, -0.1) is 0 Å². The van der Waals surface area contributed by atoms with Crippen LogP contribution in [0.5, 0.6) is 0 Å². The summed E-state index contributed by atoms with van der Waals surface area (Å²) in [6.45, 7) is 0. The van der Waals surface area contributed by atoms with Crippen LogP contribution in [0.3, 0.4) is 0 Å². The molecular weight excluding hydrogens is 145 g/mol. The van der Waals surface area contributed by atoms with Crippen LogP contribution in [0.1, 0.15) is 5.56 Å². The molecule has 0 fully saturated rings. The topological polar surface area (TPSA) is 25.8 Å². The first kappa shape index (κ1) is 6.98. The highest BCUT2D eigenvalue weighted by Gasteiger charge is 2.30. The number of alkyl halides is 3. The van der Waals surface area contributed by atoms with Gasteiger partial charge in [0.25, 0.3) is 0 Å². The molecule has 0 aliphatic heterocycles. The van der Waals surface area contributed by atoms with Crippen molar-refractivity contribution in [1.82, 2.24) is 10.2 Å². The Hall–Kier alpha value is -1.13. The van der Waals surface area contributed by atoms with Gasteiger partial charge in [-0.2, -0.15) is 23.4 Å². The molecule has 0 atom stereocenters. The molecule has 0 aliphatic rings. The van der Waals surface area contributed by atoms with E-state index in [0.717, 1.165) is 12.3 Å². The van der Waals surface area contributed by atoms with E-state index in [-0.39, 0.29) is 0 Å². The van der Waals surface area contributed by atoms with E-state index in [1.807, 2.05) is 0 Å². The van der Waals surface area contributed by atoms with Crippen molar-refractivity contribution in [2.24, 2.45) is 0 Å². The molecule has 1 aromatic rings. The molecule has 5 heteroatoms. The smallest absolute Gasteiger partial charge is 0.166 e. The van der Waals surface area contributed by atoms with Crippen LogP contribution in [-0.2, 0) is 6.18 Å². The first-order valence-electron chi connectivity index (χ1n) is 2.44. The maximum absolute atomic E-state index is 11.7. The van der Waals surface area contributed by atoms with Gasteiger partial charge in [0.1, 0.15) is 0 Å². The Morgan fingerprint density at radius 3 is 2.20 bits per heavy atom. The number of hydrogen-bond acceptors (Lipinski definition) is 2. The molecule has 54 valence electrons. The van der Waals surface area contributed by atoms with Crippen molar-refractivity contribution in [3.63, 3.8) is 0 Å². The van der Waals surface area contributed by atoms with E-state index < -0.39 is 11.7 Å². The monoisotopic (exact) mass is 148 g/mol. The van der Waals surface area contributed by atoms with E-state index in [1.54, 1.807) is 0 Å². The zero-order valence-corrected chi connectivity index (χ0v) is 4.76. The summed E-state index contributed by atoms with van der Waals surface area (Å²) in [6.07, 6.45) is -2.63. The highest BCUT2D eigenvalue weighted by molar-refractivity contribution is 5.08. The summed E-state index contributed by atoms with van der Waals surface area (Å²) >= 11 is 0. The molecule has 2 nitrogen and oxygen atoms in total. The number of nitrogens with zero attached hydrogens (tertiary/aromatic N) is 2. The Labute approximate surface area is 54.7 Å². The molecule has 1 heterocycles. The summed E-state index contributed by atoms with van der Waals surface area (Å²) in [6, 6.07) is 0.868. The van der Waals surface area contributed by atoms with Gasteiger partial charge in [0.2, 0.25) is 0 Å². The lowest BCUT2D eigenvalue weighted by molar-refractivity contribution is -0.137. The molecule has 10 heavy (non-hydrogen) atoms. The minimum Gasteiger partial charge on any atom is -0.166 e. The van der Waals surface area contributed by atoms with Gasteiger partial charge in [0.05, 0.1) is 18.0 Å². The second-order valence-corrected chi connectivity index (χ2v) is 1.63. The molecule has 0 saturated heterocycles. The van der Waals surface area contributed by atoms with Crippen molar-refractivity contribution < 1.29 is 13.2 Å². The number of hydrogen-bond donors (Lipinski definition) is 0. The largest absolute Gasteiger partial charge is 0.418 e. The molecule has 0 spiro atoms. The Morgan fingerprint density at radius 2 is 1.90 bits per heavy atom. The van der Waals surface area contributed by atoms with Gasteiger partial charge < -0.3 is 0 Å². The lowest BCUT2D eigenvalue weighted by Crippen LogP contribution is -2.05. The van der Waals surface area contributed by atoms with Gasteiger partial charge in [0, 0.05) is 0 Å². The van der Waals surface area contributed by atoms with Crippen LogP contribution in [-0.4, -0.2) is 10.2 Å². The second-order valence-electron chi connectivity index (χ2n) is 1.63. The lowest BCUT2D eigenvalue weighted by atomic mass is 10.3. The van der Waals surface area contributed by atoms with Gasteiger partial charge in [0.15, 0.2) is 0 Å². The third-order valence-electron chi connectivity index (χ3n) is 0.912. The second kappa shape index (κ2) is 2.24. The van der Waals surface area contributed by atoms with E-state index in [4.69, 9.17) is 0 Å². The predicted octanol–water partition coefficient (Wildman–Crippen LogP) is 1.50. The number of halogens is 3. The minimum absolute atomic E-state index is 0.681. The van der Waals surface area contributed by atoms with Crippen LogP contribution < -0.4 is 0 Å². The fourth-order valence-corrected chi connectivity index (χ4v) is 0.458. The van der Waals surface area contributed by atoms with E-state index in [9.17, 15) is 13.2 Å². The van der Waals surface area contributed by atoms with E-state index >= 15 is 0 Å². The van der Waals surface area contributed by atoms with Crippen LogP contribution in [0.25, 0.3) is 0 Å². The van der Waals surface area contributed by atoms with Gasteiger partial charge in [-0.3, -0.25) is 0 Å². The SMILES string of the molecule is FC(F)(F)c1ccnnc1. The summed E-state index contributed by atoms with van der Waals surface area (Å²) in [7, 11) is 0. The van der Waals surface area contributed by atoms with Crippen molar-refractivity contribution in [2.45, 2.75) is 6.18 Å². The number of rotatable bonds is 0. The van der Waals surface area contributed by atoms with Gasteiger partial charge in [-0.1, -0.05) is 0 Å². The molecule has 0 saturated carbocycles. The van der Waals surface area contributed by atoms with E-state index in [0.29, 0.717) is 6.20 Å². The summed E-state index contributed by atoms with van der Waals surface area (Å²) in [5, 5.41) is 6.29. The van der Waals surface area contributed by atoms with Gasteiger partial charge in [-0.05, 0) is 6.07 Å². The van der Waals surface area contributed by atoms with Crippen LogP contribution >= 0.6 is 0 Å². The highest BCUT2D eigenvalue weighted by atomic mass is 19.4. The Bertz CT molecular complexity index is 206. The van der Waals surface area contributed by atoms with Crippen molar-refractivity contribution in [2.75, 3.05) is 0 Å². The molecular formula is C5H3F3N2. The average Bonchev–Trinajstić information content (AvgIpc) is 1.88. The van der Waals surface area contributed by atoms with Crippen molar-refractivity contribution >= 4 is 0 Å². The lowest BCUT2D eigenvalue weighted by Gasteiger charge is -2.02. The summed E-state index contributed by atoms with van der Waals surface area (Å²) in [4.78, 5) is 0. The first-order chi connectivity index (χ1) is 4.61. The van der Waals surface area contributed by atoms with Crippen LogP contribution in [0, 0.1) is 0 Å². The zero-order valence-electron chi connectivity index (χ0n) is 4.76. The molecule has 1 rings (SSSR count). The third-order valence-corrected chi connectivity index (χ3v) is 0.912. The quantitative estimate of drug-likeness (QED) is 0.557. The third kappa shape index (κ3) is 1.43. The van der Waals surface area contributed by atoms with Crippen molar-refractivity contribution in [1.29, 1.82) is 0 Å². The molecule has 1 aromatic heterocycles. The molecule has 0 aromatic carbocycles. The highest BCUT2D eigenvalue weighted by Crippen LogP contribution is 2.27. The maximum atomic E-state index is 11.7. The van der Waals surface area contributed by atoms with Crippen LogP contribution in [0.15, 0.2) is 18.5 Å². The van der Waals surface area contributed by atoms with Gasteiger partial charge >= 0.3 is 6.18 Å². The summed E-state index contributed by atoms with van der Waals surface area (Å²) < 4.78 is 35.2. The molecule has 0 aliphatic carbocycles. The molecule has 0 radical (unpaired) electrons. The molecule has 0 bridgehead atoms. The fraction of sp³-hybridized carbons (Fsp3) is 0.200.